The van der Waals surface area contributed by atoms with E-state index in [1.165, 1.54) is 29.3 Å². The Bertz CT molecular complexity index is 747. The van der Waals surface area contributed by atoms with Gasteiger partial charge in [-0.25, -0.2) is 4.39 Å². The largest absolute Gasteiger partial charge is 0.377 e. The van der Waals surface area contributed by atoms with Crippen molar-refractivity contribution in [1.29, 1.82) is 0 Å². The number of hydrazone groups is 1. The summed E-state index contributed by atoms with van der Waals surface area (Å²) >= 11 is 0. The van der Waals surface area contributed by atoms with Crippen LogP contribution in [-0.2, 0) is 14.3 Å². The highest BCUT2D eigenvalue weighted by molar-refractivity contribution is 6.40. The summed E-state index contributed by atoms with van der Waals surface area (Å²) < 4.78 is 18.7. The second kappa shape index (κ2) is 6.68. The first-order valence-electron chi connectivity index (χ1n) is 8.85. The molecule has 2 N–H and O–H groups in total. The summed E-state index contributed by atoms with van der Waals surface area (Å²) in [6, 6.07) is 4.93. The van der Waals surface area contributed by atoms with Crippen LogP contribution in [0, 0.1) is 11.7 Å². The third-order valence-corrected chi connectivity index (χ3v) is 5.17. The fourth-order valence-corrected chi connectivity index (χ4v) is 3.61. The number of carbonyl (C=O) groups is 2. The Morgan fingerprint density at radius 1 is 1.23 bits per heavy atom. The summed E-state index contributed by atoms with van der Waals surface area (Å²) in [5, 5.41) is 5.79. The van der Waals surface area contributed by atoms with E-state index in [1.807, 2.05) is 4.90 Å². The minimum absolute atomic E-state index is 0.0749. The average Bonchev–Trinajstić information content (AvgIpc) is 3.39. The molecular formula is C18H21FN4O3. The molecule has 0 unspecified atom stereocenters. The van der Waals surface area contributed by atoms with Gasteiger partial charge in [0.1, 0.15) is 17.6 Å². The number of hydrogen-bond acceptors (Lipinski definition) is 5. The van der Waals surface area contributed by atoms with E-state index in [0.29, 0.717) is 37.1 Å². The van der Waals surface area contributed by atoms with E-state index < -0.39 is 11.9 Å². The number of benzene rings is 1. The molecule has 26 heavy (non-hydrogen) atoms. The third-order valence-electron chi connectivity index (χ3n) is 5.17. The number of primary amides is 1. The summed E-state index contributed by atoms with van der Waals surface area (Å²) in [4.78, 5) is 26.7. The molecule has 2 aliphatic heterocycles. The van der Waals surface area contributed by atoms with Crippen LogP contribution in [0.15, 0.2) is 29.4 Å². The number of nitrogens with two attached hydrogens (primary N) is 1. The van der Waals surface area contributed by atoms with Crippen LogP contribution < -0.4 is 10.7 Å². The van der Waals surface area contributed by atoms with Crippen LogP contribution in [0.25, 0.3) is 0 Å². The lowest BCUT2D eigenvalue weighted by Gasteiger charge is -2.35. The molecule has 2 fully saturated rings. The highest BCUT2D eigenvalue weighted by Gasteiger charge is 2.43. The fourth-order valence-electron chi connectivity index (χ4n) is 3.61. The molecule has 0 spiro atoms. The van der Waals surface area contributed by atoms with Gasteiger partial charge in [-0.05, 0) is 43.0 Å². The van der Waals surface area contributed by atoms with Gasteiger partial charge in [0.2, 0.25) is 5.91 Å². The Balaban J connectivity index is 1.58. The molecule has 4 rings (SSSR count). The lowest BCUT2D eigenvalue weighted by molar-refractivity contribution is -0.133. The fraction of sp³-hybridized carbons (Fsp3) is 0.500. The minimum Gasteiger partial charge on any atom is -0.377 e. The SMILES string of the molecule is NC(=O)[C@H]1CC(C(=O)N2CCOC[C@@H]2C2CC2)=NN1c1ccc(F)cc1. The van der Waals surface area contributed by atoms with Gasteiger partial charge in [0, 0.05) is 13.0 Å². The molecule has 3 aliphatic rings. The predicted octanol–water partition coefficient (Wildman–Crippen LogP) is 0.883. The van der Waals surface area contributed by atoms with Crippen molar-refractivity contribution in [3.63, 3.8) is 0 Å². The van der Waals surface area contributed by atoms with Gasteiger partial charge in [0.25, 0.3) is 5.91 Å². The van der Waals surface area contributed by atoms with Crippen LogP contribution in [0.3, 0.4) is 0 Å². The van der Waals surface area contributed by atoms with E-state index in [2.05, 4.69) is 5.10 Å². The van der Waals surface area contributed by atoms with Gasteiger partial charge in [-0.1, -0.05) is 0 Å². The van der Waals surface area contributed by atoms with E-state index in [4.69, 9.17) is 10.5 Å². The van der Waals surface area contributed by atoms with Crippen LogP contribution in [0.5, 0.6) is 0 Å². The molecule has 138 valence electrons. The molecule has 1 aromatic rings. The molecule has 2 heterocycles. The summed E-state index contributed by atoms with van der Waals surface area (Å²) in [6.45, 7) is 1.57. The Labute approximate surface area is 150 Å². The maximum absolute atomic E-state index is 13.2. The standard InChI is InChI=1S/C18H21FN4O3/c19-12-3-5-13(6-4-12)23-15(17(20)24)9-14(21-23)18(25)22-7-8-26-10-16(22)11-1-2-11/h3-6,11,15-16H,1-2,7-10H2,(H2,20,24)/t15-,16-/m1/s1. The molecule has 0 aromatic heterocycles. The Kier molecular flexibility index (Phi) is 4.36. The van der Waals surface area contributed by atoms with Crippen LogP contribution in [0.4, 0.5) is 10.1 Å². The Hall–Kier alpha value is -2.48. The maximum Gasteiger partial charge on any atom is 0.270 e. The van der Waals surface area contributed by atoms with Crippen molar-refractivity contribution in [2.75, 3.05) is 24.8 Å². The monoisotopic (exact) mass is 360 g/mol. The van der Waals surface area contributed by atoms with Crippen molar-refractivity contribution < 1.29 is 18.7 Å². The third kappa shape index (κ3) is 3.16. The van der Waals surface area contributed by atoms with Crippen LogP contribution in [0.1, 0.15) is 19.3 Å². The van der Waals surface area contributed by atoms with Crippen LogP contribution >= 0.6 is 0 Å². The molecule has 7 nitrogen and oxygen atoms in total. The summed E-state index contributed by atoms with van der Waals surface area (Å²) in [7, 11) is 0. The maximum atomic E-state index is 13.2. The molecule has 2 amide bonds. The quantitative estimate of drug-likeness (QED) is 0.863. The number of ether oxygens (including phenoxy) is 1. The first-order chi connectivity index (χ1) is 12.5. The second-order valence-electron chi connectivity index (χ2n) is 6.97. The summed E-state index contributed by atoms with van der Waals surface area (Å²) in [5.74, 6) is -0.631. The van der Waals surface area contributed by atoms with Crippen molar-refractivity contribution >= 4 is 23.2 Å². The van der Waals surface area contributed by atoms with E-state index in [9.17, 15) is 14.0 Å². The topological polar surface area (TPSA) is 88.2 Å². The first-order valence-corrected chi connectivity index (χ1v) is 8.85. The van der Waals surface area contributed by atoms with Crippen molar-refractivity contribution in [3.05, 3.63) is 30.1 Å². The van der Waals surface area contributed by atoms with E-state index in [0.717, 1.165) is 12.8 Å². The molecule has 1 saturated heterocycles. The van der Waals surface area contributed by atoms with Crippen molar-refractivity contribution in [3.8, 4) is 0 Å². The van der Waals surface area contributed by atoms with E-state index >= 15 is 0 Å². The minimum atomic E-state index is -0.750. The molecule has 1 saturated carbocycles. The van der Waals surface area contributed by atoms with Crippen molar-refractivity contribution in [1.82, 2.24) is 4.90 Å². The normalized spacial score (nSPS) is 26.0. The van der Waals surface area contributed by atoms with Crippen LogP contribution in [0.2, 0.25) is 0 Å². The average molecular weight is 360 g/mol. The molecule has 0 bridgehead atoms. The van der Waals surface area contributed by atoms with Gasteiger partial charge < -0.3 is 15.4 Å². The Morgan fingerprint density at radius 2 is 1.96 bits per heavy atom. The molecule has 8 heteroatoms. The lowest BCUT2D eigenvalue weighted by Crippen LogP contribution is -2.52. The van der Waals surface area contributed by atoms with Crippen molar-refractivity contribution in [2.45, 2.75) is 31.3 Å². The molecule has 1 aromatic carbocycles. The van der Waals surface area contributed by atoms with Gasteiger partial charge >= 0.3 is 0 Å². The summed E-state index contributed by atoms with van der Waals surface area (Å²) in [6.07, 6.45) is 2.37. The number of rotatable bonds is 4. The van der Waals surface area contributed by atoms with Gasteiger partial charge in [0.15, 0.2) is 0 Å². The number of halogens is 1. The number of hydrogen-bond donors (Lipinski definition) is 1. The Morgan fingerprint density at radius 3 is 2.62 bits per heavy atom. The number of carbonyl (C=O) groups excluding carboxylic acids is 2. The molecule has 1 aliphatic carbocycles. The lowest BCUT2D eigenvalue weighted by atomic mass is 10.1. The first kappa shape index (κ1) is 17.0. The number of anilines is 1. The molecule has 0 radical (unpaired) electrons. The number of nitrogens with zero attached hydrogens (tertiary/aromatic N) is 3. The van der Waals surface area contributed by atoms with Gasteiger partial charge in [-0.3, -0.25) is 14.6 Å². The van der Waals surface area contributed by atoms with Gasteiger partial charge in [-0.2, -0.15) is 5.10 Å². The number of morpholine rings is 1. The zero-order valence-electron chi connectivity index (χ0n) is 14.3. The highest BCUT2D eigenvalue weighted by Crippen LogP contribution is 2.37. The summed E-state index contributed by atoms with van der Waals surface area (Å²) in [5.41, 5.74) is 6.35. The zero-order chi connectivity index (χ0) is 18.3. The van der Waals surface area contributed by atoms with E-state index in [-0.39, 0.29) is 24.2 Å². The smallest absolute Gasteiger partial charge is 0.270 e. The second-order valence-corrected chi connectivity index (χ2v) is 6.97. The van der Waals surface area contributed by atoms with Crippen molar-refractivity contribution in [2.24, 2.45) is 16.8 Å². The van der Waals surface area contributed by atoms with Gasteiger partial charge in [0.05, 0.1) is 24.9 Å². The highest BCUT2D eigenvalue weighted by atomic mass is 19.1. The molecule has 2 atom stereocenters. The van der Waals surface area contributed by atoms with E-state index in [1.54, 1.807) is 0 Å². The predicted molar refractivity (Wildman–Crippen MR) is 93.0 cm³/mol. The van der Waals surface area contributed by atoms with Crippen LogP contribution in [-0.4, -0.2) is 54.3 Å². The number of amides is 2. The zero-order valence-corrected chi connectivity index (χ0v) is 14.3. The van der Waals surface area contributed by atoms with Gasteiger partial charge in [-0.15, -0.1) is 0 Å². The molecular weight excluding hydrogens is 339 g/mol.